The Balaban J connectivity index is 0.000000211. The highest BCUT2D eigenvalue weighted by molar-refractivity contribution is 5.52. The van der Waals surface area contributed by atoms with E-state index in [9.17, 15) is 0 Å². The Morgan fingerprint density at radius 1 is 0.447 bits per heavy atom. The van der Waals surface area contributed by atoms with Crippen LogP contribution in [0.3, 0.4) is 0 Å². The molecule has 4 aromatic rings. The van der Waals surface area contributed by atoms with Crippen molar-refractivity contribution in [3.8, 4) is 47.3 Å². The fourth-order valence-electron chi connectivity index (χ4n) is 3.71. The first-order chi connectivity index (χ1) is 18.3. The maximum Gasteiger partial charge on any atom is 0.133 e. The molecule has 4 aromatic carbocycles. The monoisotopic (exact) mass is 496 g/mol. The van der Waals surface area contributed by atoms with Crippen molar-refractivity contribution in [1.29, 1.82) is 21.0 Å². The second-order valence-electron chi connectivity index (χ2n) is 8.51. The van der Waals surface area contributed by atoms with Gasteiger partial charge >= 0.3 is 0 Å². The lowest BCUT2D eigenvalue weighted by molar-refractivity contribution is 0.474. The number of ether oxygens (including phenoxy) is 2. The predicted octanol–water partition coefficient (Wildman–Crippen LogP) is 7.68. The van der Waals surface area contributed by atoms with E-state index in [4.69, 9.17) is 30.5 Å². The van der Waals surface area contributed by atoms with Crippen LogP contribution in [0.5, 0.6) is 23.0 Å². The molecule has 0 radical (unpaired) electrons. The lowest BCUT2D eigenvalue weighted by Crippen LogP contribution is -1.92. The minimum absolute atomic E-state index is 0.325. The maximum absolute atomic E-state index is 8.99. The average molecular weight is 497 g/mol. The largest absolute Gasteiger partial charge is 0.457 e. The van der Waals surface area contributed by atoms with E-state index >= 15 is 0 Å². The van der Waals surface area contributed by atoms with E-state index in [1.165, 1.54) is 0 Å². The van der Waals surface area contributed by atoms with Crippen LogP contribution in [0.1, 0.15) is 44.5 Å². The molecule has 4 rings (SSSR count). The normalized spacial score (nSPS) is 9.47. The molecule has 0 saturated heterocycles. The summed E-state index contributed by atoms with van der Waals surface area (Å²) in [5.41, 5.74) is 5.49. The number of para-hydroxylation sites is 2. The molecular weight excluding hydrogens is 472 g/mol. The summed E-state index contributed by atoms with van der Waals surface area (Å²) in [6.45, 7) is 7.88. The average Bonchev–Trinajstić information content (AvgIpc) is 2.93. The van der Waals surface area contributed by atoms with E-state index in [1.54, 1.807) is 36.4 Å². The summed E-state index contributed by atoms with van der Waals surface area (Å²) < 4.78 is 11.6. The fraction of sp³-hybridized carbons (Fsp3) is 0.125. The molecule has 0 saturated carbocycles. The van der Waals surface area contributed by atoms with Crippen molar-refractivity contribution in [3.63, 3.8) is 0 Å². The van der Waals surface area contributed by atoms with Crippen molar-refractivity contribution < 1.29 is 9.47 Å². The molecule has 184 valence electrons. The van der Waals surface area contributed by atoms with Crippen molar-refractivity contribution in [1.82, 2.24) is 0 Å². The highest BCUT2D eigenvalue weighted by Gasteiger charge is 2.09. The van der Waals surface area contributed by atoms with Gasteiger partial charge in [0.2, 0.25) is 0 Å². The first-order valence-corrected chi connectivity index (χ1v) is 11.7. The van der Waals surface area contributed by atoms with Gasteiger partial charge in [0, 0.05) is 0 Å². The highest BCUT2D eigenvalue weighted by atomic mass is 16.5. The Hall–Kier alpha value is -5.56. The van der Waals surface area contributed by atoms with Crippen LogP contribution in [0.2, 0.25) is 0 Å². The van der Waals surface area contributed by atoms with Gasteiger partial charge in [-0.05, 0) is 86.3 Å². The molecular formula is C32H24N4O2. The van der Waals surface area contributed by atoms with Crippen LogP contribution in [-0.2, 0) is 0 Å². The summed E-state index contributed by atoms with van der Waals surface area (Å²) in [5, 5.41) is 35.7. The van der Waals surface area contributed by atoms with Crippen LogP contribution in [-0.4, -0.2) is 0 Å². The molecule has 38 heavy (non-hydrogen) atoms. The first kappa shape index (κ1) is 27.0. The summed E-state index contributed by atoms with van der Waals surface area (Å²) in [4.78, 5) is 0. The van der Waals surface area contributed by atoms with Gasteiger partial charge in [0.1, 0.15) is 47.3 Å². The first-order valence-electron chi connectivity index (χ1n) is 11.7. The van der Waals surface area contributed by atoms with Crippen LogP contribution in [0.25, 0.3) is 0 Å². The van der Waals surface area contributed by atoms with Crippen LogP contribution >= 0.6 is 0 Å². The molecule has 0 atom stereocenters. The van der Waals surface area contributed by atoms with Gasteiger partial charge in [0.25, 0.3) is 0 Å². The van der Waals surface area contributed by atoms with Gasteiger partial charge < -0.3 is 9.47 Å². The summed E-state index contributed by atoms with van der Waals surface area (Å²) in [7, 11) is 0. The number of nitriles is 4. The minimum Gasteiger partial charge on any atom is -0.457 e. The molecule has 0 amide bonds. The molecule has 0 aliphatic rings. The van der Waals surface area contributed by atoms with Crippen LogP contribution in [0, 0.1) is 73.0 Å². The number of aryl methyl sites for hydroxylation is 4. The second kappa shape index (κ2) is 12.4. The number of hydrogen-bond acceptors (Lipinski definition) is 6. The molecule has 0 aliphatic carbocycles. The molecule has 0 heterocycles. The number of hydrogen-bond donors (Lipinski definition) is 0. The van der Waals surface area contributed by atoms with Crippen molar-refractivity contribution in [2.75, 3.05) is 0 Å². The van der Waals surface area contributed by atoms with Crippen molar-refractivity contribution in [2.45, 2.75) is 27.7 Å². The summed E-state index contributed by atoms with van der Waals surface area (Å²) in [6.07, 6.45) is 0. The highest BCUT2D eigenvalue weighted by Crippen LogP contribution is 2.30. The van der Waals surface area contributed by atoms with Gasteiger partial charge in [-0.15, -0.1) is 0 Å². The third kappa shape index (κ3) is 6.35. The lowest BCUT2D eigenvalue weighted by atomic mass is 10.1. The molecule has 0 bridgehead atoms. The molecule has 0 spiro atoms. The van der Waals surface area contributed by atoms with E-state index in [-0.39, 0.29) is 0 Å². The van der Waals surface area contributed by atoms with E-state index in [2.05, 4.69) is 0 Å². The number of rotatable bonds is 4. The van der Waals surface area contributed by atoms with Crippen LogP contribution < -0.4 is 9.47 Å². The van der Waals surface area contributed by atoms with Crippen LogP contribution in [0.15, 0.2) is 72.8 Å². The maximum atomic E-state index is 8.99. The topological polar surface area (TPSA) is 114 Å². The quantitative estimate of drug-likeness (QED) is 0.286. The standard InChI is InChI=1S/2C16H12N2O/c2*1-11-4-3-5-12(2)16(11)19-15-7-6-13(9-17)14(8-15)10-18/h2*3-8H,1-2H3. The van der Waals surface area contributed by atoms with Gasteiger partial charge in [0.15, 0.2) is 0 Å². The van der Waals surface area contributed by atoms with Crippen molar-refractivity contribution >= 4 is 0 Å². The summed E-state index contributed by atoms with van der Waals surface area (Å²) >= 11 is 0. The van der Waals surface area contributed by atoms with Gasteiger partial charge in [-0.3, -0.25) is 0 Å². The summed E-state index contributed by atoms with van der Waals surface area (Å²) in [5.74, 6) is 2.70. The SMILES string of the molecule is Cc1cccc(C)c1Oc1ccc(C#N)c(C#N)c1.Cc1cccc(C)c1Oc1ccc(C#N)c(C#N)c1. The Kier molecular flexibility index (Phi) is 8.83. The minimum atomic E-state index is 0.325. The predicted molar refractivity (Wildman–Crippen MR) is 144 cm³/mol. The van der Waals surface area contributed by atoms with Gasteiger partial charge in [-0.1, -0.05) is 36.4 Å². The number of nitrogens with zero attached hydrogens (tertiary/aromatic N) is 4. The zero-order valence-corrected chi connectivity index (χ0v) is 21.5. The molecule has 0 fully saturated rings. The smallest absolute Gasteiger partial charge is 0.133 e. The zero-order chi connectivity index (χ0) is 27.7. The molecule has 0 aromatic heterocycles. The van der Waals surface area contributed by atoms with Crippen molar-refractivity contribution in [3.05, 3.63) is 117 Å². The van der Waals surface area contributed by atoms with Gasteiger partial charge in [-0.25, -0.2) is 0 Å². The van der Waals surface area contributed by atoms with Gasteiger partial charge in [-0.2, -0.15) is 21.0 Å². The summed E-state index contributed by atoms with van der Waals surface area (Å²) in [6, 6.07) is 29.6. The zero-order valence-electron chi connectivity index (χ0n) is 21.5. The Morgan fingerprint density at radius 2 is 0.763 bits per heavy atom. The molecule has 0 aliphatic heterocycles. The molecule has 0 unspecified atom stereocenters. The van der Waals surface area contributed by atoms with E-state index in [0.29, 0.717) is 33.8 Å². The van der Waals surface area contributed by atoms with E-state index in [0.717, 1.165) is 33.8 Å². The Labute approximate surface area is 222 Å². The molecule has 6 heteroatoms. The van der Waals surface area contributed by atoms with E-state index < -0.39 is 0 Å². The Bertz CT molecular complexity index is 1500. The van der Waals surface area contributed by atoms with Crippen LogP contribution in [0.4, 0.5) is 0 Å². The van der Waals surface area contributed by atoms with E-state index in [1.807, 2.05) is 88.4 Å². The third-order valence-electron chi connectivity index (χ3n) is 5.72. The molecule has 0 N–H and O–H groups in total. The Morgan fingerprint density at radius 3 is 1.05 bits per heavy atom. The van der Waals surface area contributed by atoms with Crippen molar-refractivity contribution in [2.24, 2.45) is 0 Å². The number of benzene rings is 4. The third-order valence-corrected chi connectivity index (χ3v) is 5.72. The lowest BCUT2D eigenvalue weighted by Gasteiger charge is -2.11. The fourth-order valence-corrected chi connectivity index (χ4v) is 3.71. The second-order valence-corrected chi connectivity index (χ2v) is 8.51. The molecule has 6 nitrogen and oxygen atoms in total. The van der Waals surface area contributed by atoms with Gasteiger partial charge in [0.05, 0.1) is 22.3 Å².